The number of rotatable bonds is 4. The van der Waals surface area contributed by atoms with E-state index in [-0.39, 0.29) is 11.3 Å². The number of anilines is 1. The van der Waals surface area contributed by atoms with E-state index >= 15 is 0 Å². The molecule has 0 radical (unpaired) electrons. The fraction of sp³-hybridized carbons (Fsp3) is 0.250. The predicted molar refractivity (Wildman–Crippen MR) is 130 cm³/mol. The molecule has 0 bridgehead atoms. The number of benzene rings is 3. The van der Waals surface area contributed by atoms with Crippen LogP contribution in [0.5, 0.6) is 0 Å². The zero-order valence-electron chi connectivity index (χ0n) is 18.9. The van der Waals surface area contributed by atoms with Gasteiger partial charge in [0.25, 0.3) is 5.91 Å². The molecular formula is C28H30N2O. The molecule has 0 spiro atoms. The highest BCUT2D eigenvalue weighted by Crippen LogP contribution is 2.30. The number of para-hydroxylation sites is 2. The molecule has 4 rings (SSSR count). The maximum atomic E-state index is 13.2. The van der Waals surface area contributed by atoms with Crippen LogP contribution < -0.4 is 5.32 Å². The molecular weight excluding hydrogens is 380 g/mol. The van der Waals surface area contributed by atoms with Gasteiger partial charge in [-0.05, 0) is 46.7 Å². The number of amides is 1. The number of carbonyl (C=O) groups is 1. The zero-order chi connectivity index (χ0) is 22.2. The SMILES string of the molecule is CC(C)c1ccccc1-n1cc(C(=O)Nc2ccc(C(C)(C)C)cc2)c2ccccc21. The lowest BCUT2D eigenvalue weighted by molar-refractivity contribution is 0.102. The summed E-state index contributed by atoms with van der Waals surface area (Å²) >= 11 is 0. The van der Waals surface area contributed by atoms with Gasteiger partial charge in [-0.2, -0.15) is 0 Å². The Kier molecular flexibility index (Phi) is 5.45. The molecule has 1 heterocycles. The molecule has 0 saturated carbocycles. The highest BCUT2D eigenvalue weighted by molar-refractivity contribution is 6.13. The minimum absolute atomic E-state index is 0.0831. The van der Waals surface area contributed by atoms with Gasteiger partial charge in [-0.15, -0.1) is 0 Å². The van der Waals surface area contributed by atoms with E-state index in [1.54, 1.807) is 0 Å². The molecule has 1 aromatic heterocycles. The monoisotopic (exact) mass is 410 g/mol. The standard InChI is InChI=1S/C28H30N2O/c1-19(2)22-10-6-8-12-25(22)30-18-24(23-11-7-9-13-26(23)30)27(31)29-21-16-14-20(15-17-21)28(3,4)5/h6-19H,1-5H3,(H,29,31). The minimum atomic E-state index is -0.0968. The first-order valence-electron chi connectivity index (χ1n) is 10.9. The Balaban J connectivity index is 1.73. The Morgan fingerprint density at radius 1 is 0.871 bits per heavy atom. The first-order chi connectivity index (χ1) is 14.8. The van der Waals surface area contributed by atoms with E-state index in [1.165, 1.54) is 11.1 Å². The molecule has 0 fully saturated rings. The van der Waals surface area contributed by atoms with Gasteiger partial charge in [-0.25, -0.2) is 0 Å². The summed E-state index contributed by atoms with van der Waals surface area (Å²) in [4.78, 5) is 13.2. The fourth-order valence-corrected chi connectivity index (χ4v) is 4.01. The van der Waals surface area contributed by atoms with Crippen molar-refractivity contribution < 1.29 is 4.79 Å². The maximum absolute atomic E-state index is 13.2. The lowest BCUT2D eigenvalue weighted by atomic mass is 9.87. The van der Waals surface area contributed by atoms with Crippen LogP contribution in [0.2, 0.25) is 0 Å². The molecule has 0 saturated heterocycles. The highest BCUT2D eigenvalue weighted by Gasteiger charge is 2.18. The molecule has 3 heteroatoms. The smallest absolute Gasteiger partial charge is 0.257 e. The van der Waals surface area contributed by atoms with Crippen LogP contribution >= 0.6 is 0 Å². The van der Waals surface area contributed by atoms with Crippen molar-refractivity contribution in [3.05, 3.63) is 95.7 Å². The van der Waals surface area contributed by atoms with Gasteiger partial charge in [0.2, 0.25) is 0 Å². The molecule has 1 amide bonds. The summed E-state index contributed by atoms with van der Waals surface area (Å²) < 4.78 is 2.14. The van der Waals surface area contributed by atoms with Crippen LogP contribution in [0.4, 0.5) is 5.69 Å². The summed E-state index contributed by atoms with van der Waals surface area (Å²) in [6.45, 7) is 10.9. The molecule has 158 valence electrons. The second-order valence-corrected chi connectivity index (χ2v) is 9.42. The average Bonchev–Trinajstić information content (AvgIpc) is 3.13. The van der Waals surface area contributed by atoms with Crippen molar-refractivity contribution in [1.82, 2.24) is 4.57 Å². The molecule has 3 nitrogen and oxygen atoms in total. The molecule has 31 heavy (non-hydrogen) atoms. The first kappa shape index (κ1) is 20.9. The maximum Gasteiger partial charge on any atom is 0.257 e. The average molecular weight is 411 g/mol. The normalized spacial score (nSPS) is 11.8. The van der Waals surface area contributed by atoms with E-state index in [9.17, 15) is 4.79 Å². The third kappa shape index (κ3) is 4.13. The number of hydrogen-bond acceptors (Lipinski definition) is 1. The van der Waals surface area contributed by atoms with Crippen LogP contribution in [0.25, 0.3) is 16.6 Å². The van der Waals surface area contributed by atoms with E-state index in [1.807, 2.05) is 42.6 Å². The Labute approximate surface area is 184 Å². The number of aromatic nitrogens is 1. The van der Waals surface area contributed by atoms with Crippen LogP contribution in [0.3, 0.4) is 0 Å². The van der Waals surface area contributed by atoms with Crippen molar-refractivity contribution >= 4 is 22.5 Å². The number of nitrogens with zero attached hydrogens (tertiary/aromatic N) is 1. The largest absolute Gasteiger partial charge is 0.322 e. The van der Waals surface area contributed by atoms with E-state index in [2.05, 4.69) is 80.9 Å². The first-order valence-corrected chi connectivity index (χ1v) is 10.9. The molecule has 0 aliphatic rings. The molecule has 0 aliphatic heterocycles. The second-order valence-electron chi connectivity index (χ2n) is 9.42. The van der Waals surface area contributed by atoms with Gasteiger partial charge in [-0.3, -0.25) is 4.79 Å². The molecule has 0 unspecified atom stereocenters. The summed E-state index contributed by atoms with van der Waals surface area (Å²) in [6.07, 6.45) is 1.96. The number of hydrogen-bond donors (Lipinski definition) is 1. The Morgan fingerprint density at radius 3 is 2.19 bits per heavy atom. The van der Waals surface area contributed by atoms with Crippen molar-refractivity contribution in [2.45, 2.75) is 46.0 Å². The van der Waals surface area contributed by atoms with Crippen LogP contribution in [-0.2, 0) is 5.41 Å². The van der Waals surface area contributed by atoms with Gasteiger partial charge < -0.3 is 9.88 Å². The molecule has 1 N–H and O–H groups in total. The second kappa shape index (κ2) is 8.07. The highest BCUT2D eigenvalue weighted by atomic mass is 16.1. The zero-order valence-corrected chi connectivity index (χ0v) is 18.9. The van der Waals surface area contributed by atoms with Gasteiger partial charge >= 0.3 is 0 Å². The van der Waals surface area contributed by atoms with Crippen LogP contribution in [0.1, 0.15) is 62.0 Å². The summed E-state index contributed by atoms with van der Waals surface area (Å²) in [7, 11) is 0. The van der Waals surface area contributed by atoms with Gasteiger partial charge in [0.1, 0.15) is 0 Å². The minimum Gasteiger partial charge on any atom is -0.322 e. The van der Waals surface area contributed by atoms with Crippen LogP contribution in [0, 0.1) is 0 Å². The molecule has 4 aromatic rings. The summed E-state index contributed by atoms with van der Waals surface area (Å²) in [6, 6.07) is 24.6. The Morgan fingerprint density at radius 2 is 1.52 bits per heavy atom. The summed E-state index contributed by atoms with van der Waals surface area (Å²) in [5, 5.41) is 4.03. The van der Waals surface area contributed by atoms with Crippen molar-refractivity contribution in [2.75, 3.05) is 5.32 Å². The number of fused-ring (bicyclic) bond motifs is 1. The van der Waals surface area contributed by atoms with Gasteiger partial charge in [-0.1, -0.05) is 83.1 Å². The third-order valence-corrected chi connectivity index (χ3v) is 5.78. The van der Waals surface area contributed by atoms with Crippen molar-refractivity contribution in [3.8, 4) is 5.69 Å². The van der Waals surface area contributed by atoms with E-state index in [0.29, 0.717) is 11.5 Å². The molecule has 0 atom stereocenters. The van der Waals surface area contributed by atoms with Crippen LogP contribution in [0.15, 0.2) is 79.0 Å². The molecule has 3 aromatic carbocycles. The van der Waals surface area contributed by atoms with Crippen molar-refractivity contribution in [1.29, 1.82) is 0 Å². The van der Waals surface area contributed by atoms with Gasteiger partial charge in [0, 0.05) is 23.0 Å². The van der Waals surface area contributed by atoms with Crippen LogP contribution in [-0.4, -0.2) is 10.5 Å². The third-order valence-electron chi connectivity index (χ3n) is 5.78. The van der Waals surface area contributed by atoms with E-state index in [0.717, 1.165) is 22.3 Å². The van der Waals surface area contributed by atoms with Crippen molar-refractivity contribution in [3.63, 3.8) is 0 Å². The Bertz CT molecular complexity index is 1220. The number of nitrogens with one attached hydrogen (secondary N) is 1. The van der Waals surface area contributed by atoms with Gasteiger partial charge in [0.05, 0.1) is 11.1 Å². The lowest BCUT2D eigenvalue weighted by Gasteiger charge is -2.19. The lowest BCUT2D eigenvalue weighted by Crippen LogP contribution is -2.13. The summed E-state index contributed by atoms with van der Waals surface area (Å²) in [5.74, 6) is 0.288. The fourth-order valence-electron chi connectivity index (χ4n) is 4.01. The van der Waals surface area contributed by atoms with E-state index < -0.39 is 0 Å². The topological polar surface area (TPSA) is 34.0 Å². The Hall–Kier alpha value is -3.33. The predicted octanol–water partition coefficient (Wildman–Crippen LogP) is 7.30. The summed E-state index contributed by atoms with van der Waals surface area (Å²) in [5.41, 5.74) is 6.21. The molecule has 0 aliphatic carbocycles. The van der Waals surface area contributed by atoms with Gasteiger partial charge in [0.15, 0.2) is 0 Å². The van der Waals surface area contributed by atoms with Crippen molar-refractivity contribution in [2.24, 2.45) is 0 Å². The van der Waals surface area contributed by atoms with E-state index in [4.69, 9.17) is 0 Å². The number of carbonyl (C=O) groups excluding carboxylic acids is 1. The quantitative estimate of drug-likeness (QED) is 0.376.